The maximum atomic E-state index is 3.65. The van der Waals surface area contributed by atoms with Gasteiger partial charge in [-0.2, -0.15) is 0 Å². The lowest BCUT2D eigenvalue weighted by Gasteiger charge is -2.48. The SMILES string of the molecule is CCC1CCC(C(NC)C(C)(C)N(CC)CC)CC1. The van der Waals surface area contributed by atoms with Crippen LogP contribution in [0.15, 0.2) is 0 Å². The van der Waals surface area contributed by atoms with E-state index in [0.29, 0.717) is 6.04 Å². The van der Waals surface area contributed by atoms with E-state index < -0.39 is 0 Å². The fourth-order valence-electron chi connectivity index (χ4n) is 4.33. The van der Waals surface area contributed by atoms with Gasteiger partial charge in [-0.05, 0) is 58.7 Å². The Morgan fingerprint density at radius 2 is 1.58 bits per heavy atom. The van der Waals surface area contributed by atoms with Crippen molar-refractivity contribution >= 4 is 0 Å². The first-order chi connectivity index (χ1) is 9.01. The van der Waals surface area contributed by atoms with Crippen molar-refractivity contribution in [2.45, 2.75) is 78.3 Å². The molecular formula is C17H36N2. The molecule has 0 saturated heterocycles. The monoisotopic (exact) mass is 268 g/mol. The highest BCUT2D eigenvalue weighted by molar-refractivity contribution is 4.97. The largest absolute Gasteiger partial charge is 0.315 e. The first kappa shape index (κ1) is 17.0. The Bertz CT molecular complexity index is 238. The molecule has 0 aromatic carbocycles. The van der Waals surface area contributed by atoms with Gasteiger partial charge in [0.15, 0.2) is 0 Å². The minimum absolute atomic E-state index is 0.252. The van der Waals surface area contributed by atoms with Crippen molar-refractivity contribution in [2.75, 3.05) is 20.1 Å². The van der Waals surface area contributed by atoms with Gasteiger partial charge in [0.05, 0.1) is 0 Å². The number of rotatable bonds is 7. The number of hydrogen-bond acceptors (Lipinski definition) is 2. The standard InChI is InChI=1S/C17H36N2/c1-7-14-10-12-15(13-11-14)16(18-6)17(4,5)19(8-2)9-3/h14-16,18H,7-13H2,1-6H3. The molecule has 1 aliphatic carbocycles. The van der Waals surface area contributed by atoms with Crippen LogP contribution in [0.2, 0.25) is 0 Å². The maximum Gasteiger partial charge on any atom is 0.0308 e. The van der Waals surface area contributed by atoms with Gasteiger partial charge in [0.1, 0.15) is 0 Å². The molecule has 0 radical (unpaired) electrons. The Labute approximate surface area is 121 Å². The molecule has 2 nitrogen and oxygen atoms in total. The van der Waals surface area contributed by atoms with Crippen LogP contribution < -0.4 is 5.32 Å². The van der Waals surface area contributed by atoms with E-state index in [-0.39, 0.29) is 5.54 Å². The molecule has 1 atom stereocenters. The van der Waals surface area contributed by atoms with Crippen LogP contribution in [0.4, 0.5) is 0 Å². The van der Waals surface area contributed by atoms with Crippen molar-refractivity contribution in [1.29, 1.82) is 0 Å². The summed E-state index contributed by atoms with van der Waals surface area (Å²) >= 11 is 0. The van der Waals surface area contributed by atoms with Crippen LogP contribution in [-0.2, 0) is 0 Å². The normalized spacial score (nSPS) is 26.7. The summed E-state index contributed by atoms with van der Waals surface area (Å²) in [6.07, 6.45) is 7.07. The average molecular weight is 268 g/mol. The fraction of sp³-hybridized carbons (Fsp3) is 1.00. The fourth-order valence-corrected chi connectivity index (χ4v) is 4.33. The van der Waals surface area contributed by atoms with E-state index in [9.17, 15) is 0 Å². The smallest absolute Gasteiger partial charge is 0.0308 e. The van der Waals surface area contributed by atoms with E-state index in [2.05, 4.69) is 51.9 Å². The van der Waals surface area contributed by atoms with E-state index >= 15 is 0 Å². The van der Waals surface area contributed by atoms with Gasteiger partial charge in [-0.25, -0.2) is 0 Å². The molecule has 1 aliphatic rings. The second-order valence-electron chi connectivity index (χ2n) is 6.78. The molecule has 1 fully saturated rings. The predicted octanol–water partition coefficient (Wildman–Crippen LogP) is 3.91. The number of likely N-dealkylation sites (N-methyl/N-ethyl adjacent to an activating group) is 2. The highest BCUT2D eigenvalue weighted by Crippen LogP contribution is 2.36. The van der Waals surface area contributed by atoms with E-state index in [4.69, 9.17) is 0 Å². The van der Waals surface area contributed by atoms with Gasteiger partial charge in [0.2, 0.25) is 0 Å². The summed E-state index contributed by atoms with van der Waals surface area (Å²) in [5.74, 6) is 1.84. The zero-order valence-electron chi connectivity index (χ0n) is 14.1. The molecule has 1 unspecified atom stereocenters. The Kier molecular flexibility index (Phi) is 6.82. The van der Waals surface area contributed by atoms with Crippen LogP contribution in [0.5, 0.6) is 0 Å². The summed E-state index contributed by atoms with van der Waals surface area (Å²) in [7, 11) is 2.15. The summed E-state index contributed by atoms with van der Waals surface area (Å²) in [6, 6.07) is 0.616. The number of nitrogens with zero attached hydrogens (tertiary/aromatic N) is 1. The predicted molar refractivity (Wildman–Crippen MR) is 85.6 cm³/mol. The van der Waals surface area contributed by atoms with Gasteiger partial charge in [-0.3, -0.25) is 4.90 Å². The molecule has 0 aromatic rings. The Morgan fingerprint density at radius 3 is 1.95 bits per heavy atom. The molecule has 0 spiro atoms. The zero-order chi connectivity index (χ0) is 14.5. The summed E-state index contributed by atoms with van der Waals surface area (Å²) in [5.41, 5.74) is 0.252. The van der Waals surface area contributed by atoms with Crippen molar-refractivity contribution in [3.05, 3.63) is 0 Å². The second kappa shape index (κ2) is 7.64. The molecule has 0 aliphatic heterocycles. The average Bonchev–Trinajstić information content (AvgIpc) is 2.41. The van der Waals surface area contributed by atoms with E-state index in [1.165, 1.54) is 32.1 Å². The van der Waals surface area contributed by atoms with Gasteiger partial charge >= 0.3 is 0 Å². The molecule has 1 rings (SSSR count). The third-order valence-electron chi connectivity index (χ3n) is 5.59. The van der Waals surface area contributed by atoms with Crippen molar-refractivity contribution in [1.82, 2.24) is 10.2 Å². The lowest BCUT2D eigenvalue weighted by molar-refractivity contribution is 0.0527. The van der Waals surface area contributed by atoms with E-state index in [0.717, 1.165) is 24.9 Å². The summed E-state index contributed by atoms with van der Waals surface area (Å²) in [4.78, 5) is 2.61. The van der Waals surface area contributed by atoms with Crippen LogP contribution in [0, 0.1) is 11.8 Å². The van der Waals surface area contributed by atoms with Gasteiger partial charge in [0, 0.05) is 11.6 Å². The Hall–Kier alpha value is -0.0800. The molecule has 0 heterocycles. The molecule has 114 valence electrons. The van der Waals surface area contributed by atoms with Crippen molar-refractivity contribution in [2.24, 2.45) is 11.8 Å². The molecule has 2 heteroatoms. The molecule has 0 aromatic heterocycles. The van der Waals surface area contributed by atoms with Crippen LogP contribution in [-0.4, -0.2) is 36.6 Å². The maximum absolute atomic E-state index is 3.65. The molecule has 0 bridgehead atoms. The Morgan fingerprint density at radius 1 is 1.05 bits per heavy atom. The first-order valence-electron chi connectivity index (χ1n) is 8.43. The molecule has 19 heavy (non-hydrogen) atoms. The van der Waals surface area contributed by atoms with Crippen LogP contribution in [0.3, 0.4) is 0 Å². The third kappa shape index (κ3) is 3.95. The minimum Gasteiger partial charge on any atom is -0.315 e. The van der Waals surface area contributed by atoms with E-state index in [1.807, 2.05) is 0 Å². The lowest BCUT2D eigenvalue weighted by atomic mass is 9.72. The quantitative estimate of drug-likeness (QED) is 0.753. The highest BCUT2D eigenvalue weighted by atomic mass is 15.2. The van der Waals surface area contributed by atoms with Gasteiger partial charge in [-0.1, -0.05) is 40.0 Å². The molecular weight excluding hydrogens is 232 g/mol. The number of hydrogen-bond donors (Lipinski definition) is 1. The third-order valence-corrected chi connectivity index (χ3v) is 5.59. The topological polar surface area (TPSA) is 15.3 Å². The summed E-state index contributed by atoms with van der Waals surface area (Å²) in [6.45, 7) is 14.1. The van der Waals surface area contributed by atoms with Crippen LogP contribution in [0.1, 0.15) is 66.7 Å². The van der Waals surface area contributed by atoms with Crippen molar-refractivity contribution < 1.29 is 0 Å². The second-order valence-corrected chi connectivity index (χ2v) is 6.78. The molecule has 1 N–H and O–H groups in total. The molecule has 1 saturated carbocycles. The lowest BCUT2D eigenvalue weighted by Crippen LogP contribution is -2.60. The van der Waals surface area contributed by atoms with E-state index in [1.54, 1.807) is 0 Å². The Balaban J connectivity index is 2.71. The molecule has 0 amide bonds. The van der Waals surface area contributed by atoms with Crippen LogP contribution >= 0.6 is 0 Å². The van der Waals surface area contributed by atoms with Gasteiger partial charge in [0.25, 0.3) is 0 Å². The first-order valence-corrected chi connectivity index (χ1v) is 8.43. The highest BCUT2D eigenvalue weighted by Gasteiger charge is 2.39. The van der Waals surface area contributed by atoms with Gasteiger partial charge < -0.3 is 5.32 Å². The summed E-state index contributed by atoms with van der Waals surface area (Å²) < 4.78 is 0. The minimum atomic E-state index is 0.252. The van der Waals surface area contributed by atoms with Crippen LogP contribution in [0.25, 0.3) is 0 Å². The van der Waals surface area contributed by atoms with Gasteiger partial charge in [-0.15, -0.1) is 0 Å². The number of nitrogens with one attached hydrogen (secondary N) is 1. The summed E-state index contributed by atoms with van der Waals surface area (Å²) in [5, 5.41) is 3.65. The van der Waals surface area contributed by atoms with Crippen molar-refractivity contribution in [3.8, 4) is 0 Å². The van der Waals surface area contributed by atoms with Crippen molar-refractivity contribution in [3.63, 3.8) is 0 Å². The zero-order valence-corrected chi connectivity index (χ0v) is 14.1.